The summed E-state index contributed by atoms with van der Waals surface area (Å²) in [6, 6.07) is 8.88. The molecule has 1 rings (SSSR count). The zero-order chi connectivity index (χ0) is 17.5. The molecule has 0 aliphatic rings. The van der Waals surface area contributed by atoms with Crippen LogP contribution in [0.1, 0.15) is 32.4 Å². The number of hydrogen-bond acceptors (Lipinski definition) is 5. The second kappa shape index (κ2) is 8.38. The quantitative estimate of drug-likeness (QED) is 0.740. The molecule has 23 heavy (non-hydrogen) atoms. The lowest BCUT2D eigenvalue weighted by Crippen LogP contribution is -2.38. The summed E-state index contributed by atoms with van der Waals surface area (Å²) in [4.78, 5) is 22.8. The molecule has 0 saturated heterocycles. The summed E-state index contributed by atoms with van der Waals surface area (Å²) in [5.74, 6) is -0.558. The van der Waals surface area contributed by atoms with Crippen LogP contribution in [0.4, 0.5) is 9.59 Å². The van der Waals surface area contributed by atoms with E-state index >= 15 is 0 Å². The van der Waals surface area contributed by atoms with Gasteiger partial charge in [-0.1, -0.05) is 30.3 Å². The number of alkyl carbamates (subject to hydrolysis) is 1. The molecule has 128 valence electrons. The number of rotatable bonds is 6. The van der Waals surface area contributed by atoms with Crippen LogP contribution in [0.15, 0.2) is 30.3 Å². The first kappa shape index (κ1) is 18.8. The smallest absolute Gasteiger partial charge is 0.407 e. The van der Waals surface area contributed by atoms with Crippen molar-refractivity contribution in [2.45, 2.75) is 32.5 Å². The van der Waals surface area contributed by atoms with Crippen molar-refractivity contribution >= 4 is 12.2 Å². The lowest BCUT2D eigenvalue weighted by Gasteiger charge is -2.26. The summed E-state index contributed by atoms with van der Waals surface area (Å²) >= 11 is 0. The Morgan fingerprint density at radius 2 is 1.87 bits per heavy atom. The molecule has 0 bridgehead atoms. The monoisotopic (exact) mass is 324 g/mol. The number of benzene rings is 1. The number of ether oxygens (including phenoxy) is 2. The predicted molar refractivity (Wildman–Crippen MR) is 84.7 cm³/mol. The van der Waals surface area contributed by atoms with Gasteiger partial charge in [-0.25, -0.2) is 9.59 Å². The van der Waals surface area contributed by atoms with Crippen LogP contribution >= 0.6 is 0 Å². The maximum Gasteiger partial charge on any atom is 0.407 e. The van der Waals surface area contributed by atoms with Gasteiger partial charge in [-0.05, 0) is 26.3 Å². The van der Waals surface area contributed by atoms with Crippen molar-refractivity contribution in [3.8, 4) is 0 Å². The second-order valence-corrected chi connectivity index (χ2v) is 6.09. The number of primary amides is 1. The Balaban J connectivity index is 2.77. The maximum atomic E-state index is 11.7. The average Bonchev–Trinajstić information content (AvgIpc) is 2.45. The molecular formula is C16H24N2O5. The molecule has 0 aromatic heterocycles. The van der Waals surface area contributed by atoms with Crippen LogP contribution < -0.4 is 11.1 Å². The molecule has 7 heteroatoms. The highest BCUT2D eigenvalue weighted by atomic mass is 16.6. The molecule has 1 aromatic carbocycles. The Morgan fingerprint density at radius 3 is 2.35 bits per heavy atom. The van der Waals surface area contributed by atoms with Gasteiger partial charge < -0.3 is 25.6 Å². The van der Waals surface area contributed by atoms with E-state index in [1.165, 1.54) is 0 Å². The molecule has 1 unspecified atom stereocenters. The van der Waals surface area contributed by atoms with Crippen LogP contribution in [-0.4, -0.2) is 36.0 Å². The molecule has 7 nitrogen and oxygen atoms in total. The molecule has 0 aliphatic heterocycles. The number of aliphatic hydroxyl groups excluding tert-OH is 1. The molecule has 0 saturated carbocycles. The molecule has 0 heterocycles. The number of amides is 2. The molecule has 0 fully saturated rings. The van der Waals surface area contributed by atoms with Crippen LogP contribution in [0.5, 0.6) is 0 Å². The van der Waals surface area contributed by atoms with Crippen molar-refractivity contribution in [1.82, 2.24) is 5.32 Å². The van der Waals surface area contributed by atoms with Crippen LogP contribution in [0, 0.1) is 5.92 Å². The third kappa shape index (κ3) is 7.01. The minimum atomic E-state index is -0.949. The van der Waals surface area contributed by atoms with Gasteiger partial charge in [-0.3, -0.25) is 0 Å². The van der Waals surface area contributed by atoms with E-state index in [2.05, 4.69) is 5.32 Å². The maximum absolute atomic E-state index is 11.7. The Labute approximate surface area is 135 Å². The average molecular weight is 324 g/mol. The first-order chi connectivity index (χ1) is 10.7. The molecule has 1 aromatic rings. The lowest BCUT2D eigenvalue weighted by atomic mass is 9.96. The third-order valence-electron chi connectivity index (χ3n) is 2.94. The van der Waals surface area contributed by atoms with Gasteiger partial charge in [-0.15, -0.1) is 0 Å². The summed E-state index contributed by atoms with van der Waals surface area (Å²) < 4.78 is 10.2. The number of carbonyl (C=O) groups is 2. The molecular weight excluding hydrogens is 300 g/mol. The number of nitrogens with two attached hydrogens (primary N) is 1. The standard InChI is InChI=1S/C16H24N2O5/c1-16(2,3)23-15(21)18-9-12(10-19)13(22-14(17)20)11-7-5-4-6-8-11/h4-8,12-13,19H,9-10H2,1-3H3,(H2,17,20)(H,18,21)/t12-,13?/m1/s1. The summed E-state index contributed by atoms with van der Waals surface area (Å²) in [5.41, 5.74) is 5.16. The van der Waals surface area contributed by atoms with Gasteiger partial charge >= 0.3 is 12.2 Å². The van der Waals surface area contributed by atoms with Gasteiger partial charge in [0.15, 0.2) is 0 Å². The molecule has 4 N–H and O–H groups in total. The highest BCUT2D eigenvalue weighted by Gasteiger charge is 2.27. The van der Waals surface area contributed by atoms with Crippen LogP contribution in [0.2, 0.25) is 0 Å². The number of aliphatic hydroxyl groups is 1. The Morgan fingerprint density at radius 1 is 1.26 bits per heavy atom. The SMILES string of the molecule is CC(C)(C)OC(=O)NC[C@H](CO)C(OC(N)=O)c1ccccc1. The first-order valence-electron chi connectivity index (χ1n) is 7.31. The first-order valence-corrected chi connectivity index (χ1v) is 7.31. The fourth-order valence-electron chi connectivity index (χ4n) is 2.00. The fourth-order valence-corrected chi connectivity index (χ4v) is 2.00. The van der Waals surface area contributed by atoms with E-state index in [4.69, 9.17) is 15.2 Å². The normalized spacial score (nSPS) is 13.7. The van der Waals surface area contributed by atoms with Gasteiger partial charge in [0, 0.05) is 12.5 Å². The van der Waals surface area contributed by atoms with E-state index in [0.717, 1.165) is 0 Å². The lowest BCUT2D eigenvalue weighted by molar-refractivity contribution is 0.0337. The van der Waals surface area contributed by atoms with Gasteiger partial charge in [0.1, 0.15) is 11.7 Å². The number of nitrogens with one attached hydrogen (secondary N) is 1. The summed E-state index contributed by atoms with van der Waals surface area (Å²) in [5, 5.41) is 12.2. The Kier molecular flexibility index (Phi) is 6.84. The summed E-state index contributed by atoms with van der Waals surface area (Å²) in [7, 11) is 0. The zero-order valence-electron chi connectivity index (χ0n) is 13.6. The van der Waals surface area contributed by atoms with Gasteiger partial charge in [0.25, 0.3) is 0 Å². The second-order valence-electron chi connectivity index (χ2n) is 6.09. The molecule has 2 atom stereocenters. The van der Waals surface area contributed by atoms with E-state index in [-0.39, 0.29) is 13.2 Å². The number of carbonyl (C=O) groups excluding carboxylic acids is 2. The van der Waals surface area contributed by atoms with Crippen molar-refractivity contribution in [2.24, 2.45) is 11.7 Å². The van der Waals surface area contributed by atoms with E-state index < -0.39 is 29.8 Å². The van der Waals surface area contributed by atoms with Gasteiger partial charge in [0.05, 0.1) is 6.61 Å². The zero-order valence-corrected chi connectivity index (χ0v) is 13.6. The van der Waals surface area contributed by atoms with Crippen LogP contribution in [-0.2, 0) is 9.47 Å². The van der Waals surface area contributed by atoms with Crippen LogP contribution in [0.25, 0.3) is 0 Å². The van der Waals surface area contributed by atoms with E-state index in [1.807, 2.05) is 6.07 Å². The molecule has 0 aliphatic carbocycles. The van der Waals surface area contributed by atoms with E-state index in [1.54, 1.807) is 45.0 Å². The van der Waals surface area contributed by atoms with Crippen molar-refractivity contribution in [3.63, 3.8) is 0 Å². The van der Waals surface area contributed by atoms with Crippen LogP contribution in [0.3, 0.4) is 0 Å². The topological polar surface area (TPSA) is 111 Å². The molecule has 2 amide bonds. The summed E-state index contributed by atoms with van der Waals surface area (Å²) in [6.07, 6.45) is -2.33. The fraction of sp³-hybridized carbons (Fsp3) is 0.500. The third-order valence-corrected chi connectivity index (χ3v) is 2.94. The number of hydrogen-bond donors (Lipinski definition) is 3. The molecule has 0 radical (unpaired) electrons. The highest BCUT2D eigenvalue weighted by Crippen LogP contribution is 2.25. The highest BCUT2D eigenvalue weighted by molar-refractivity contribution is 5.67. The van der Waals surface area contributed by atoms with Gasteiger partial charge in [0.2, 0.25) is 0 Å². The summed E-state index contributed by atoms with van der Waals surface area (Å²) in [6.45, 7) is 5.01. The van der Waals surface area contributed by atoms with Crippen molar-refractivity contribution in [1.29, 1.82) is 0 Å². The predicted octanol–water partition coefficient (Wildman–Crippen LogP) is 1.96. The van der Waals surface area contributed by atoms with Gasteiger partial charge in [-0.2, -0.15) is 0 Å². The minimum absolute atomic E-state index is 0.0677. The largest absolute Gasteiger partial charge is 0.444 e. The van der Waals surface area contributed by atoms with Crippen molar-refractivity contribution in [2.75, 3.05) is 13.2 Å². The Bertz CT molecular complexity index is 513. The molecule has 0 spiro atoms. The minimum Gasteiger partial charge on any atom is -0.444 e. The Hall–Kier alpha value is -2.28. The van der Waals surface area contributed by atoms with E-state index in [0.29, 0.717) is 5.56 Å². The van der Waals surface area contributed by atoms with Crippen molar-refractivity contribution < 1.29 is 24.2 Å². The van der Waals surface area contributed by atoms with E-state index in [9.17, 15) is 14.7 Å². The van der Waals surface area contributed by atoms with Crippen molar-refractivity contribution in [3.05, 3.63) is 35.9 Å².